The Morgan fingerprint density at radius 2 is 1.81 bits per heavy atom. The minimum absolute atomic E-state index is 0.186. The molecule has 0 bridgehead atoms. The molecule has 21 heavy (non-hydrogen) atoms. The molecule has 118 valence electrons. The van der Waals surface area contributed by atoms with Crippen molar-refractivity contribution in [3.05, 3.63) is 28.8 Å². The zero-order valence-electron chi connectivity index (χ0n) is 13.3. The molecule has 0 amide bonds. The van der Waals surface area contributed by atoms with Crippen molar-refractivity contribution in [2.45, 2.75) is 77.5 Å². The molecule has 1 aliphatic rings. The lowest BCUT2D eigenvalue weighted by Crippen LogP contribution is -2.29. The van der Waals surface area contributed by atoms with Gasteiger partial charge in [0, 0.05) is 23.2 Å². The van der Waals surface area contributed by atoms with Gasteiger partial charge in [0.1, 0.15) is 5.75 Å². The smallest absolute Gasteiger partial charge is 0.124 e. The van der Waals surface area contributed by atoms with Crippen molar-refractivity contribution in [2.75, 3.05) is 0 Å². The molecule has 1 aromatic rings. The van der Waals surface area contributed by atoms with E-state index in [-0.39, 0.29) is 6.10 Å². The highest BCUT2D eigenvalue weighted by atomic mass is 35.5. The zero-order valence-corrected chi connectivity index (χ0v) is 14.1. The molecule has 0 unspecified atom stereocenters. The molecule has 1 aliphatic carbocycles. The van der Waals surface area contributed by atoms with Gasteiger partial charge in [-0.1, -0.05) is 43.7 Å². The Bertz CT molecular complexity index is 425. The summed E-state index contributed by atoms with van der Waals surface area (Å²) in [6.07, 6.45) is 9.65. The third kappa shape index (κ3) is 5.88. The molecule has 1 N–H and O–H groups in total. The summed E-state index contributed by atoms with van der Waals surface area (Å²) in [5.41, 5.74) is 1.17. The van der Waals surface area contributed by atoms with Crippen LogP contribution in [0, 0.1) is 0 Å². The van der Waals surface area contributed by atoms with Crippen LogP contribution in [0.5, 0.6) is 5.75 Å². The fourth-order valence-electron chi connectivity index (χ4n) is 2.97. The van der Waals surface area contributed by atoms with Gasteiger partial charge in [-0.25, -0.2) is 0 Å². The summed E-state index contributed by atoms with van der Waals surface area (Å²) in [6, 6.07) is 6.54. The maximum absolute atomic E-state index is 6.14. The van der Waals surface area contributed by atoms with Crippen LogP contribution in [0.1, 0.15) is 64.4 Å². The quantitative estimate of drug-likeness (QED) is 0.793. The molecule has 2 rings (SSSR count). The first-order chi connectivity index (χ1) is 10.1. The fourth-order valence-corrected chi connectivity index (χ4v) is 3.16. The second-order valence-corrected chi connectivity index (χ2v) is 6.78. The predicted octanol–water partition coefficient (Wildman–Crippen LogP) is 5.33. The molecule has 2 nitrogen and oxygen atoms in total. The van der Waals surface area contributed by atoms with Gasteiger partial charge in [-0.3, -0.25) is 0 Å². The van der Waals surface area contributed by atoms with Crippen LogP contribution in [0.2, 0.25) is 5.02 Å². The Labute approximate surface area is 134 Å². The lowest BCUT2D eigenvalue weighted by atomic mass is 9.96. The Morgan fingerprint density at radius 1 is 1.14 bits per heavy atom. The third-order valence-electron chi connectivity index (χ3n) is 4.07. The van der Waals surface area contributed by atoms with Crippen molar-refractivity contribution >= 4 is 11.6 Å². The molecule has 3 heteroatoms. The van der Waals surface area contributed by atoms with Gasteiger partial charge in [0.25, 0.3) is 0 Å². The Kier molecular flexibility index (Phi) is 6.85. The van der Waals surface area contributed by atoms with E-state index in [1.165, 1.54) is 50.5 Å². The minimum Gasteiger partial charge on any atom is -0.491 e. The van der Waals surface area contributed by atoms with Gasteiger partial charge in [-0.15, -0.1) is 0 Å². The normalized spacial score (nSPS) is 17.5. The number of ether oxygens (including phenoxy) is 1. The Morgan fingerprint density at radius 3 is 2.48 bits per heavy atom. The zero-order chi connectivity index (χ0) is 15.1. The van der Waals surface area contributed by atoms with E-state index in [4.69, 9.17) is 16.3 Å². The molecule has 0 spiro atoms. The van der Waals surface area contributed by atoms with Crippen LogP contribution in [-0.2, 0) is 6.54 Å². The molecule has 0 aliphatic heterocycles. The van der Waals surface area contributed by atoms with Crippen LogP contribution in [-0.4, -0.2) is 12.1 Å². The van der Waals surface area contributed by atoms with E-state index in [2.05, 4.69) is 19.2 Å². The van der Waals surface area contributed by atoms with Crippen molar-refractivity contribution in [1.82, 2.24) is 5.32 Å². The summed E-state index contributed by atoms with van der Waals surface area (Å²) in [6.45, 7) is 4.95. The number of rotatable bonds is 5. The highest BCUT2D eigenvalue weighted by Crippen LogP contribution is 2.25. The van der Waals surface area contributed by atoms with Crippen LogP contribution < -0.4 is 10.1 Å². The number of halogens is 1. The van der Waals surface area contributed by atoms with Crippen LogP contribution in [0.3, 0.4) is 0 Å². The highest BCUT2D eigenvalue weighted by molar-refractivity contribution is 6.30. The molecular weight excluding hydrogens is 282 g/mol. The lowest BCUT2D eigenvalue weighted by molar-refractivity contribution is 0.239. The van der Waals surface area contributed by atoms with Gasteiger partial charge >= 0.3 is 0 Å². The predicted molar refractivity (Wildman–Crippen MR) is 90.2 cm³/mol. The van der Waals surface area contributed by atoms with Crippen LogP contribution in [0.25, 0.3) is 0 Å². The van der Waals surface area contributed by atoms with Gasteiger partial charge in [0.2, 0.25) is 0 Å². The Balaban J connectivity index is 1.95. The van der Waals surface area contributed by atoms with Gasteiger partial charge in [-0.05, 0) is 44.9 Å². The second-order valence-electron chi connectivity index (χ2n) is 6.34. The minimum atomic E-state index is 0.186. The van der Waals surface area contributed by atoms with Gasteiger partial charge < -0.3 is 10.1 Å². The standard InChI is InChI=1S/C18H28ClNO/c1-14(2)21-18-11-10-16(19)12-15(18)13-20-17-8-6-4-3-5-7-9-17/h10-12,14,17,20H,3-9,13H2,1-2H3. The lowest BCUT2D eigenvalue weighted by Gasteiger charge is -2.22. The van der Waals surface area contributed by atoms with Gasteiger partial charge in [0.15, 0.2) is 0 Å². The highest BCUT2D eigenvalue weighted by Gasteiger charge is 2.13. The van der Waals surface area contributed by atoms with Gasteiger partial charge in [-0.2, -0.15) is 0 Å². The summed E-state index contributed by atoms with van der Waals surface area (Å²) in [4.78, 5) is 0. The number of hydrogen-bond acceptors (Lipinski definition) is 2. The summed E-state index contributed by atoms with van der Waals surface area (Å²) in [5, 5.41) is 4.49. The monoisotopic (exact) mass is 309 g/mol. The van der Waals surface area contributed by atoms with E-state index in [0.29, 0.717) is 6.04 Å². The average molecular weight is 310 g/mol. The number of benzene rings is 1. The summed E-state index contributed by atoms with van der Waals surface area (Å²) >= 11 is 6.14. The fraction of sp³-hybridized carbons (Fsp3) is 0.667. The largest absolute Gasteiger partial charge is 0.491 e. The molecule has 0 saturated heterocycles. The topological polar surface area (TPSA) is 21.3 Å². The first-order valence-corrected chi connectivity index (χ1v) is 8.71. The molecule has 0 atom stereocenters. The SMILES string of the molecule is CC(C)Oc1ccc(Cl)cc1CNC1CCCCCCC1. The van der Waals surface area contributed by atoms with E-state index in [1.54, 1.807) is 0 Å². The Hall–Kier alpha value is -0.730. The van der Waals surface area contributed by atoms with Crippen molar-refractivity contribution in [3.8, 4) is 5.75 Å². The molecular formula is C18H28ClNO. The van der Waals surface area contributed by atoms with E-state index < -0.39 is 0 Å². The van der Waals surface area contributed by atoms with Crippen LogP contribution >= 0.6 is 11.6 Å². The van der Waals surface area contributed by atoms with E-state index in [1.807, 2.05) is 18.2 Å². The first kappa shape index (κ1) is 16.6. The van der Waals surface area contributed by atoms with Crippen molar-refractivity contribution in [1.29, 1.82) is 0 Å². The molecule has 1 fully saturated rings. The van der Waals surface area contributed by atoms with Crippen molar-refractivity contribution < 1.29 is 4.74 Å². The van der Waals surface area contributed by atoms with E-state index in [0.717, 1.165) is 17.3 Å². The first-order valence-electron chi connectivity index (χ1n) is 8.33. The van der Waals surface area contributed by atoms with Crippen molar-refractivity contribution in [3.63, 3.8) is 0 Å². The maximum atomic E-state index is 6.14. The molecule has 0 aromatic heterocycles. The maximum Gasteiger partial charge on any atom is 0.124 e. The average Bonchev–Trinajstić information content (AvgIpc) is 2.40. The van der Waals surface area contributed by atoms with E-state index in [9.17, 15) is 0 Å². The summed E-state index contributed by atoms with van der Waals surface area (Å²) in [7, 11) is 0. The number of nitrogens with one attached hydrogen (secondary N) is 1. The second kappa shape index (κ2) is 8.65. The third-order valence-corrected chi connectivity index (χ3v) is 4.31. The van der Waals surface area contributed by atoms with Gasteiger partial charge in [0.05, 0.1) is 6.10 Å². The summed E-state index contributed by atoms with van der Waals surface area (Å²) in [5.74, 6) is 0.952. The molecule has 0 radical (unpaired) electrons. The van der Waals surface area contributed by atoms with Crippen LogP contribution in [0.4, 0.5) is 0 Å². The molecule has 1 saturated carbocycles. The number of hydrogen-bond donors (Lipinski definition) is 1. The summed E-state index contributed by atoms with van der Waals surface area (Å²) < 4.78 is 5.89. The molecule has 0 heterocycles. The van der Waals surface area contributed by atoms with Crippen LogP contribution in [0.15, 0.2) is 18.2 Å². The molecule has 1 aromatic carbocycles. The van der Waals surface area contributed by atoms with E-state index >= 15 is 0 Å². The van der Waals surface area contributed by atoms with Crippen molar-refractivity contribution in [2.24, 2.45) is 0 Å².